The normalized spacial score (nSPS) is 13.8. The van der Waals surface area contributed by atoms with Gasteiger partial charge in [0.1, 0.15) is 12.4 Å². The predicted octanol–water partition coefficient (Wildman–Crippen LogP) is 14.0. The lowest BCUT2D eigenvalue weighted by Gasteiger charge is -2.37. The Balaban J connectivity index is 1.61. The summed E-state index contributed by atoms with van der Waals surface area (Å²) in [5.74, 6) is 1.06. The van der Waals surface area contributed by atoms with Crippen LogP contribution in [-0.2, 0) is 21.7 Å². The van der Waals surface area contributed by atoms with Crippen molar-refractivity contribution in [3.8, 4) is 39.1 Å². The van der Waals surface area contributed by atoms with Crippen molar-refractivity contribution < 1.29 is 4.74 Å². The second-order valence-electron chi connectivity index (χ2n) is 20.4. The molecule has 0 fully saturated rings. The average Bonchev–Trinajstić information content (AvgIpc) is 3.42. The van der Waals surface area contributed by atoms with Crippen molar-refractivity contribution in [1.82, 2.24) is 0 Å². The van der Waals surface area contributed by atoms with E-state index in [1.807, 2.05) is 6.08 Å². The fourth-order valence-corrected chi connectivity index (χ4v) is 11.9. The van der Waals surface area contributed by atoms with Crippen LogP contribution in [0.5, 0.6) is 5.75 Å². The van der Waals surface area contributed by atoms with Gasteiger partial charge in [0, 0.05) is 5.54 Å². The molecule has 0 atom stereocenters. The van der Waals surface area contributed by atoms with Gasteiger partial charge in [-0.1, -0.05) is 206 Å². The highest BCUT2D eigenvalue weighted by Gasteiger charge is 2.45. The molecule has 0 heterocycles. The third-order valence-corrected chi connectivity index (χ3v) is 15.5. The SMILES string of the molecule is C=CCOc1c(C(C)(C)C)cc(C(C)(C)C)cc1[Si](C)(C)C1c2cc(-c3ccc(C(C)(C)C)cc3)ccc2-c2ccc(-c3ccc(C(C)(C)C)cc3)cc21. The van der Waals surface area contributed by atoms with Gasteiger partial charge in [0.05, 0.1) is 8.07 Å². The first-order valence-corrected chi connectivity index (χ1v) is 23.0. The van der Waals surface area contributed by atoms with Crippen molar-refractivity contribution in [2.75, 3.05) is 6.61 Å². The summed E-state index contributed by atoms with van der Waals surface area (Å²) >= 11 is 0. The van der Waals surface area contributed by atoms with Gasteiger partial charge < -0.3 is 4.74 Å². The van der Waals surface area contributed by atoms with E-state index in [0.717, 1.165) is 5.75 Å². The molecule has 0 unspecified atom stereocenters. The molecule has 54 heavy (non-hydrogen) atoms. The smallest absolute Gasteiger partial charge is 0.122 e. The highest BCUT2D eigenvalue weighted by atomic mass is 28.3. The van der Waals surface area contributed by atoms with Crippen molar-refractivity contribution in [3.63, 3.8) is 0 Å². The predicted molar refractivity (Wildman–Crippen MR) is 239 cm³/mol. The van der Waals surface area contributed by atoms with Crippen LogP contribution in [0, 0.1) is 0 Å². The third-order valence-electron chi connectivity index (χ3n) is 11.7. The van der Waals surface area contributed by atoms with E-state index in [9.17, 15) is 0 Å². The quantitative estimate of drug-likeness (QED) is 0.120. The second kappa shape index (κ2) is 13.9. The first-order chi connectivity index (χ1) is 25.0. The van der Waals surface area contributed by atoms with Gasteiger partial charge in [0.2, 0.25) is 0 Å². The molecule has 0 radical (unpaired) electrons. The van der Waals surface area contributed by atoms with Crippen LogP contribution in [0.3, 0.4) is 0 Å². The van der Waals surface area contributed by atoms with E-state index < -0.39 is 8.07 Å². The molecule has 0 saturated heterocycles. The fraction of sp³-hybridized carbons (Fsp3) is 0.385. The Kier molecular flexibility index (Phi) is 10.1. The van der Waals surface area contributed by atoms with Gasteiger partial charge in [-0.25, -0.2) is 0 Å². The number of hydrogen-bond acceptors (Lipinski definition) is 1. The summed E-state index contributed by atoms with van der Waals surface area (Å²) in [6.07, 6.45) is 1.89. The topological polar surface area (TPSA) is 9.23 Å². The lowest BCUT2D eigenvalue weighted by molar-refractivity contribution is 0.353. The van der Waals surface area contributed by atoms with Crippen LogP contribution in [0.4, 0.5) is 0 Å². The van der Waals surface area contributed by atoms with Crippen LogP contribution in [0.15, 0.2) is 110 Å². The van der Waals surface area contributed by atoms with Gasteiger partial charge in [-0.15, -0.1) is 0 Å². The maximum Gasteiger partial charge on any atom is 0.122 e. The fourth-order valence-electron chi connectivity index (χ4n) is 8.27. The minimum Gasteiger partial charge on any atom is -0.489 e. The Morgan fingerprint density at radius 3 is 1.30 bits per heavy atom. The summed E-state index contributed by atoms with van der Waals surface area (Å²) in [6, 6.07) is 37.9. The Bertz CT molecular complexity index is 2060. The zero-order chi connectivity index (χ0) is 39.6. The van der Waals surface area contributed by atoms with Crippen LogP contribution >= 0.6 is 0 Å². The van der Waals surface area contributed by atoms with Crippen LogP contribution in [0.1, 0.15) is 122 Å². The molecule has 0 spiro atoms. The number of fused-ring (bicyclic) bond motifs is 3. The Morgan fingerprint density at radius 2 is 0.926 bits per heavy atom. The first-order valence-electron chi connectivity index (χ1n) is 19.9. The summed E-state index contributed by atoms with van der Waals surface area (Å²) in [6.45, 7) is 37.4. The van der Waals surface area contributed by atoms with Crippen molar-refractivity contribution in [2.24, 2.45) is 0 Å². The molecule has 1 aliphatic carbocycles. The van der Waals surface area contributed by atoms with Crippen LogP contribution in [-0.4, -0.2) is 14.7 Å². The minimum atomic E-state index is -2.44. The maximum absolute atomic E-state index is 6.81. The van der Waals surface area contributed by atoms with Gasteiger partial charge in [-0.3, -0.25) is 0 Å². The summed E-state index contributed by atoms with van der Waals surface area (Å²) in [5, 5.41) is 1.39. The molecular weight excluding hydrogens is 669 g/mol. The van der Waals surface area contributed by atoms with E-state index >= 15 is 0 Å². The second-order valence-corrected chi connectivity index (χ2v) is 25.0. The Hall–Kier alpha value is -4.14. The highest BCUT2D eigenvalue weighted by Crippen LogP contribution is 2.52. The molecule has 0 saturated carbocycles. The Morgan fingerprint density at radius 1 is 0.519 bits per heavy atom. The van der Waals surface area contributed by atoms with E-state index in [2.05, 4.69) is 200 Å². The maximum atomic E-state index is 6.81. The van der Waals surface area contributed by atoms with E-state index in [-0.39, 0.29) is 27.2 Å². The van der Waals surface area contributed by atoms with Gasteiger partial charge in [0.15, 0.2) is 0 Å². The molecule has 0 aromatic heterocycles. The summed E-state index contributed by atoms with van der Waals surface area (Å²) < 4.78 is 6.81. The largest absolute Gasteiger partial charge is 0.489 e. The Labute approximate surface area is 328 Å². The molecule has 0 aliphatic heterocycles. The van der Waals surface area contributed by atoms with Crippen LogP contribution < -0.4 is 9.92 Å². The van der Waals surface area contributed by atoms with Gasteiger partial charge in [-0.05, 0) is 93.6 Å². The summed E-state index contributed by atoms with van der Waals surface area (Å²) in [7, 11) is -2.44. The summed E-state index contributed by atoms with van der Waals surface area (Å²) in [5.41, 5.74) is 16.4. The molecule has 5 aromatic carbocycles. The van der Waals surface area contributed by atoms with E-state index in [0.29, 0.717) is 6.61 Å². The van der Waals surface area contributed by atoms with E-state index in [4.69, 9.17) is 4.74 Å². The molecule has 5 aromatic rings. The molecule has 2 heteroatoms. The number of benzene rings is 5. The molecular formula is C52H64OSi. The lowest BCUT2D eigenvalue weighted by Crippen LogP contribution is -2.49. The van der Waals surface area contributed by atoms with Crippen LogP contribution in [0.2, 0.25) is 13.1 Å². The monoisotopic (exact) mass is 732 g/mol. The van der Waals surface area contributed by atoms with Crippen LogP contribution in [0.25, 0.3) is 33.4 Å². The first kappa shape index (κ1) is 39.5. The molecule has 0 N–H and O–H groups in total. The molecule has 0 bridgehead atoms. The van der Waals surface area contributed by atoms with Crippen molar-refractivity contribution >= 4 is 13.3 Å². The van der Waals surface area contributed by atoms with E-state index in [1.54, 1.807) is 0 Å². The standard InChI is InChI=1S/C52H64OSi/c1-16-29-53-47-45(52(11,12)13)32-40(51(8,9)10)33-46(47)54(14,15)48-43-30-36(34-17-23-38(24-18-34)49(2,3)4)21-27-41(43)42-28-22-37(31-44(42)48)35-19-25-39(26-20-35)50(5,6)7/h16-28,30-33,48H,1,29H2,2-15H3. The zero-order valence-corrected chi connectivity index (χ0v) is 36.7. The molecule has 1 aliphatic rings. The highest BCUT2D eigenvalue weighted by molar-refractivity contribution is 6.92. The van der Waals surface area contributed by atoms with Crippen molar-refractivity contribution in [3.05, 3.63) is 143 Å². The van der Waals surface area contributed by atoms with Crippen molar-refractivity contribution in [2.45, 2.75) is 123 Å². The molecule has 0 amide bonds. The van der Waals surface area contributed by atoms with Crippen molar-refractivity contribution in [1.29, 1.82) is 0 Å². The lowest BCUT2D eigenvalue weighted by atomic mass is 9.80. The van der Waals surface area contributed by atoms with Gasteiger partial charge in [-0.2, -0.15) is 0 Å². The average molecular weight is 733 g/mol. The third kappa shape index (κ3) is 7.56. The molecule has 282 valence electrons. The number of rotatable bonds is 7. The van der Waals surface area contributed by atoms with Gasteiger partial charge in [0.25, 0.3) is 0 Å². The number of hydrogen-bond donors (Lipinski definition) is 0. The van der Waals surface area contributed by atoms with E-state index in [1.165, 1.54) is 71.9 Å². The number of ether oxygens (including phenoxy) is 1. The molecule has 6 rings (SSSR count). The van der Waals surface area contributed by atoms with Gasteiger partial charge >= 0.3 is 0 Å². The molecule has 1 nitrogen and oxygen atoms in total. The zero-order valence-electron chi connectivity index (χ0n) is 35.7. The summed E-state index contributed by atoms with van der Waals surface area (Å²) in [4.78, 5) is 0. The minimum absolute atomic E-state index is 0.0134.